The van der Waals surface area contributed by atoms with Gasteiger partial charge >= 0.3 is 0 Å². The molecule has 0 aromatic carbocycles. The maximum Gasteiger partial charge on any atom is 0.248 e. The Bertz CT molecular complexity index is 914. The highest BCUT2D eigenvalue weighted by molar-refractivity contribution is 7.89. The number of piperidine rings is 1. The third kappa shape index (κ3) is 3.91. The lowest BCUT2D eigenvalue weighted by Gasteiger charge is -2.33. The molecular formula is C17H24N4O5S. The van der Waals surface area contributed by atoms with Crippen LogP contribution in [0, 0.1) is 26.7 Å². The van der Waals surface area contributed by atoms with E-state index in [2.05, 4.69) is 10.3 Å². The molecule has 1 fully saturated rings. The summed E-state index contributed by atoms with van der Waals surface area (Å²) in [4.78, 5) is 14.5. The van der Waals surface area contributed by atoms with E-state index in [4.69, 9.17) is 9.05 Å². The summed E-state index contributed by atoms with van der Waals surface area (Å²) in [5.74, 6) is 0.445. The first-order valence-electron chi connectivity index (χ1n) is 8.80. The van der Waals surface area contributed by atoms with Gasteiger partial charge in [-0.15, -0.1) is 0 Å². The van der Waals surface area contributed by atoms with Crippen LogP contribution < -0.4 is 0 Å². The number of aryl methyl sites for hydroxylation is 3. The van der Waals surface area contributed by atoms with E-state index in [1.807, 2.05) is 0 Å². The number of nitrogens with zero attached hydrogens (tertiary/aromatic N) is 4. The van der Waals surface area contributed by atoms with Gasteiger partial charge in [0, 0.05) is 26.2 Å². The van der Waals surface area contributed by atoms with Crippen LogP contribution in [0.5, 0.6) is 0 Å². The topological polar surface area (TPSA) is 110 Å². The molecule has 3 rings (SSSR count). The van der Waals surface area contributed by atoms with Gasteiger partial charge in [-0.25, -0.2) is 8.42 Å². The molecule has 2 aromatic rings. The molecule has 10 heteroatoms. The highest BCUT2D eigenvalue weighted by Gasteiger charge is 2.37. The SMILES string of the molecule is Cc1cc(CN(C)C(=O)C2CCCN(S(=O)(=O)c3c(C)noc3C)C2)no1. The molecule has 1 saturated heterocycles. The Morgan fingerprint density at radius 1 is 1.30 bits per heavy atom. The number of rotatable bonds is 5. The summed E-state index contributed by atoms with van der Waals surface area (Å²) in [5, 5.41) is 7.63. The Morgan fingerprint density at radius 3 is 2.63 bits per heavy atom. The highest BCUT2D eigenvalue weighted by Crippen LogP contribution is 2.28. The largest absolute Gasteiger partial charge is 0.361 e. The van der Waals surface area contributed by atoms with Crippen molar-refractivity contribution in [3.05, 3.63) is 29.0 Å². The summed E-state index contributed by atoms with van der Waals surface area (Å²) in [6, 6.07) is 1.78. The molecule has 1 amide bonds. The first-order chi connectivity index (χ1) is 12.7. The van der Waals surface area contributed by atoms with Crippen LogP contribution in [0.25, 0.3) is 0 Å². The molecule has 0 saturated carbocycles. The van der Waals surface area contributed by atoms with Crippen molar-refractivity contribution in [1.82, 2.24) is 19.5 Å². The molecule has 0 radical (unpaired) electrons. The van der Waals surface area contributed by atoms with Crippen LogP contribution in [0.2, 0.25) is 0 Å². The molecule has 9 nitrogen and oxygen atoms in total. The van der Waals surface area contributed by atoms with Crippen LogP contribution in [0.15, 0.2) is 20.0 Å². The Labute approximate surface area is 158 Å². The molecule has 3 heterocycles. The predicted octanol–water partition coefficient (Wildman–Crippen LogP) is 1.65. The van der Waals surface area contributed by atoms with Crippen LogP contribution >= 0.6 is 0 Å². The minimum absolute atomic E-state index is 0.0991. The highest BCUT2D eigenvalue weighted by atomic mass is 32.2. The lowest BCUT2D eigenvalue weighted by atomic mass is 9.98. The van der Waals surface area contributed by atoms with Crippen molar-refractivity contribution in [3.8, 4) is 0 Å². The first kappa shape index (κ1) is 19.6. The second-order valence-electron chi connectivity index (χ2n) is 6.98. The summed E-state index contributed by atoms with van der Waals surface area (Å²) < 4.78 is 37.4. The smallest absolute Gasteiger partial charge is 0.248 e. The zero-order valence-corrected chi connectivity index (χ0v) is 16.7. The van der Waals surface area contributed by atoms with Gasteiger partial charge in [-0.3, -0.25) is 4.79 Å². The molecule has 27 heavy (non-hydrogen) atoms. The number of hydrogen-bond acceptors (Lipinski definition) is 7. The Balaban J connectivity index is 1.72. The Kier molecular flexibility index (Phi) is 5.38. The van der Waals surface area contributed by atoms with Crippen LogP contribution in [0.1, 0.15) is 35.7 Å². The zero-order valence-electron chi connectivity index (χ0n) is 15.9. The molecule has 0 aliphatic carbocycles. The van der Waals surface area contributed by atoms with E-state index in [1.165, 1.54) is 4.31 Å². The van der Waals surface area contributed by atoms with Gasteiger partial charge in [-0.05, 0) is 33.6 Å². The third-order valence-electron chi connectivity index (χ3n) is 4.75. The van der Waals surface area contributed by atoms with Crippen LogP contribution in [-0.4, -0.2) is 54.0 Å². The average molecular weight is 396 g/mol. The first-order valence-corrected chi connectivity index (χ1v) is 10.2. The molecule has 0 bridgehead atoms. The molecule has 1 aliphatic heterocycles. The number of hydrogen-bond donors (Lipinski definition) is 0. The zero-order chi connectivity index (χ0) is 19.8. The fraction of sp³-hybridized carbons (Fsp3) is 0.588. The Morgan fingerprint density at radius 2 is 2.04 bits per heavy atom. The minimum Gasteiger partial charge on any atom is -0.361 e. The van der Waals surface area contributed by atoms with E-state index in [9.17, 15) is 13.2 Å². The lowest BCUT2D eigenvalue weighted by molar-refractivity contribution is -0.135. The molecule has 0 spiro atoms. The van der Waals surface area contributed by atoms with Gasteiger partial charge in [0.1, 0.15) is 22.0 Å². The molecule has 2 aromatic heterocycles. The summed E-state index contributed by atoms with van der Waals surface area (Å²) in [7, 11) is -2.06. The molecular weight excluding hydrogens is 372 g/mol. The van der Waals surface area contributed by atoms with E-state index >= 15 is 0 Å². The third-order valence-corrected chi connectivity index (χ3v) is 6.86. The van der Waals surface area contributed by atoms with E-state index in [1.54, 1.807) is 38.8 Å². The summed E-state index contributed by atoms with van der Waals surface area (Å²) in [6.45, 7) is 5.81. The molecule has 0 N–H and O–H groups in total. The van der Waals surface area contributed by atoms with Gasteiger partial charge in [0.25, 0.3) is 0 Å². The molecule has 1 atom stereocenters. The van der Waals surface area contributed by atoms with Crippen molar-refractivity contribution in [2.75, 3.05) is 20.1 Å². The summed E-state index contributed by atoms with van der Waals surface area (Å²) in [5.41, 5.74) is 0.999. The normalized spacial score (nSPS) is 18.6. The molecule has 1 unspecified atom stereocenters. The monoisotopic (exact) mass is 396 g/mol. The van der Waals surface area contributed by atoms with Crippen molar-refractivity contribution in [2.45, 2.75) is 45.1 Å². The second-order valence-corrected chi connectivity index (χ2v) is 8.85. The van der Waals surface area contributed by atoms with Gasteiger partial charge in [-0.1, -0.05) is 10.3 Å². The lowest BCUT2D eigenvalue weighted by Crippen LogP contribution is -2.45. The number of sulfonamides is 1. The Hall–Kier alpha value is -2.20. The van der Waals surface area contributed by atoms with Crippen LogP contribution in [0.4, 0.5) is 0 Å². The van der Waals surface area contributed by atoms with Crippen molar-refractivity contribution >= 4 is 15.9 Å². The van der Waals surface area contributed by atoms with Gasteiger partial charge < -0.3 is 13.9 Å². The van der Waals surface area contributed by atoms with Gasteiger partial charge in [0.2, 0.25) is 15.9 Å². The van der Waals surface area contributed by atoms with Crippen molar-refractivity contribution in [2.24, 2.45) is 5.92 Å². The average Bonchev–Trinajstić information content (AvgIpc) is 3.19. The van der Waals surface area contributed by atoms with E-state index in [0.717, 1.165) is 0 Å². The quantitative estimate of drug-likeness (QED) is 0.756. The standard InChI is InChI=1S/C17H24N4O5S/c1-11-8-15(19-25-11)10-20(4)17(22)14-6-5-7-21(9-14)27(23,24)16-12(2)18-26-13(16)3/h8,14H,5-7,9-10H2,1-4H3. The predicted molar refractivity (Wildman–Crippen MR) is 95.2 cm³/mol. The van der Waals surface area contributed by atoms with Crippen molar-refractivity contribution < 1.29 is 22.3 Å². The molecule has 148 valence electrons. The number of aromatic nitrogens is 2. The fourth-order valence-electron chi connectivity index (χ4n) is 3.46. The maximum absolute atomic E-state index is 13.0. The van der Waals surface area contributed by atoms with Gasteiger partial charge in [0.05, 0.1) is 12.5 Å². The minimum atomic E-state index is -3.75. The summed E-state index contributed by atoms with van der Waals surface area (Å²) in [6.07, 6.45) is 1.27. The summed E-state index contributed by atoms with van der Waals surface area (Å²) >= 11 is 0. The van der Waals surface area contributed by atoms with Gasteiger partial charge in [0.15, 0.2) is 5.76 Å². The van der Waals surface area contributed by atoms with Crippen molar-refractivity contribution in [1.29, 1.82) is 0 Å². The molecule has 1 aliphatic rings. The number of carbonyl (C=O) groups is 1. The van der Waals surface area contributed by atoms with Crippen LogP contribution in [0.3, 0.4) is 0 Å². The maximum atomic E-state index is 13.0. The van der Waals surface area contributed by atoms with E-state index in [0.29, 0.717) is 43.1 Å². The number of amides is 1. The van der Waals surface area contributed by atoms with Crippen molar-refractivity contribution in [3.63, 3.8) is 0 Å². The fourth-order valence-corrected chi connectivity index (χ4v) is 5.27. The van der Waals surface area contributed by atoms with E-state index in [-0.39, 0.29) is 23.1 Å². The van der Waals surface area contributed by atoms with E-state index < -0.39 is 15.9 Å². The number of carbonyl (C=O) groups excluding carboxylic acids is 1. The van der Waals surface area contributed by atoms with Crippen LogP contribution in [-0.2, 0) is 21.4 Å². The second kappa shape index (κ2) is 7.43. The van der Waals surface area contributed by atoms with Gasteiger partial charge in [-0.2, -0.15) is 4.31 Å².